The summed E-state index contributed by atoms with van der Waals surface area (Å²) in [6.45, 7) is 8.59. The first-order valence-electron chi connectivity index (χ1n) is 8.22. The van der Waals surface area contributed by atoms with E-state index >= 15 is 0 Å². The topological polar surface area (TPSA) is 45.5 Å². The molecular weight excluding hydrogens is 421 g/mol. The largest absolute Gasteiger partial charge is 0.351 e. The minimum absolute atomic E-state index is 0. The number of hydrogen-bond acceptors (Lipinski definition) is 3. The fraction of sp³-hybridized carbons (Fsp3) is 0.750. The van der Waals surface area contributed by atoms with Crippen molar-refractivity contribution in [1.82, 2.24) is 19.8 Å². The predicted molar refractivity (Wildman–Crippen MR) is 109 cm³/mol. The molecule has 0 radical (unpaired) electrons. The number of thioether (sulfide) groups is 1. The van der Waals surface area contributed by atoms with Crippen molar-refractivity contribution in [3.63, 3.8) is 0 Å². The third kappa shape index (κ3) is 4.78. The Labute approximate surface area is 160 Å². The van der Waals surface area contributed by atoms with Crippen molar-refractivity contribution in [2.45, 2.75) is 50.9 Å². The molecule has 1 N–H and O–H groups in total. The zero-order valence-corrected chi connectivity index (χ0v) is 17.5. The van der Waals surface area contributed by atoms with Crippen LogP contribution in [0.2, 0.25) is 0 Å². The molecule has 130 valence electrons. The van der Waals surface area contributed by atoms with Gasteiger partial charge in [0.1, 0.15) is 5.82 Å². The third-order valence-corrected chi connectivity index (χ3v) is 5.62. The summed E-state index contributed by atoms with van der Waals surface area (Å²) in [5.74, 6) is 3.40. The number of rotatable bonds is 2. The molecule has 23 heavy (non-hydrogen) atoms. The van der Waals surface area contributed by atoms with Gasteiger partial charge < -0.3 is 14.8 Å². The van der Waals surface area contributed by atoms with Crippen LogP contribution in [-0.4, -0.2) is 51.0 Å². The van der Waals surface area contributed by atoms with Gasteiger partial charge >= 0.3 is 0 Å². The van der Waals surface area contributed by atoms with Gasteiger partial charge in [-0.15, -0.1) is 24.0 Å². The Balaban J connectivity index is 0.00000192. The van der Waals surface area contributed by atoms with Gasteiger partial charge in [0.2, 0.25) is 0 Å². The van der Waals surface area contributed by atoms with Gasteiger partial charge in [0.25, 0.3) is 0 Å². The molecule has 1 aromatic heterocycles. The summed E-state index contributed by atoms with van der Waals surface area (Å²) >= 11 is 2.04. The number of hydrogen-bond donors (Lipinski definition) is 1. The maximum absolute atomic E-state index is 4.75. The summed E-state index contributed by atoms with van der Waals surface area (Å²) in [5, 5.41) is 3.49. The van der Waals surface area contributed by atoms with E-state index in [0.717, 1.165) is 50.0 Å². The van der Waals surface area contributed by atoms with Gasteiger partial charge in [-0.2, -0.15) is 11.8 Å². The molecule has 0 amide bonds. The van der Waals surface area contributed by atoms with Gasteiger partial charge in [-0.05, 0) is 26.7 Å². The Morgan fingerprint density at radius 3 is 2.91 bits per heavy atom. The molecule has 0 saturated carbocycles. The van der Waals surface area contributed by atoms with Gasteiger partial charge in [-0.25, -0.2) is 4.98 Å². The number of nitrogens with zero attached hydrogens (tertiary/aromatic N) is 4. The number of fused-ring (bicyclic) bond motifs is 1. The highest BCUT2D eigenvalue weighted by Gasteiger charge is 2.28. The van der Waals surface area contributed by atoms with Crippen molar-refractivity contribution in [3.8, 4) is 0 Å². The molecule has 5 nitrogen and oxygen atoms in total. The quantitative estimate of drug-likeness (QED) is 0.429. The van der Waals surface area contributed by atoms with Gasteiger partial charge in [0.15, 0.2) is 5.96 Å². The fourth-order valence-corrected chi connectivity index (χ4v) is 4.37. The highest BCUT2D eigenvalue weighted by Crippen LogP contribution is 2.29. The molecule has 0 unspecified atom stereocenters. The summed E-state index contributed by atoms with van der Waals surface area (Å²) in [4.78, 5) is 11.6. The molecule has 0 aliphatic carbocycles. The standard InChI is InChI=1S/C16H27N5S.HI/c1-16(2)12-21(8-9-22-16)15(17-3)18-10-13-11-20-7-5-4-6-14(20)19-13;/h11H,4-10,12H2,1-3H3,(H,17,18);1H. The van der Waals surface area contributed by atoms with Crippen LogP contribution in [0.25, 0.3) is 0 Å². The van der Waals surface area contributed by atoms with E-state index in [0.29, 0.717) is 4.75 Å². The van der Waals surface area contributed by atoms with Gasteiger partial charge in [-0.1, -0.05) is 0 Å². The maximum atomic E-state index is 4.75. The lowest BCUT2D eigenvalue weighted by Crippen LogP contribution is -2.50. The first-order valence-corrected chi connectivity index (χ1v) is 9.20. The summed E-state index contributed by atoms with van der Waals surface area (Å²) in [7, 11) is 1.87. The van der Waals surface area contributed by atoms with E-state index in [1.54, 1.807) is 0 Å². The number of aromatic nitrogens is 2. The maximum Gasteiger partial charge on any atom is 0.194 e. The Morgan fingerprint density at radius 2 is 2.22 bits per heavy atom. The lowest BCUT2D eigenvalue weighted by atomic mass is 10.2. The SMILES string of the molecule is CN=C(NCc1cn2c(n1)CCCC2)N1CCSC(C)(C)C1.I. The van der Waals surface area contributed by atoms with Crippen LogP contribution in [0, 0.1) is 0 Å². The Morgan fingerprint density at radius 1 is 1.39 bits per heavy atom. The molecule has 2 aliphatic rings. The fourth-order valence-electron chi connectivity index (χ4n) is 3.26. The molecule has 0 atom stereocenters. The number of nitrogens with one attached hydrogen (secondary N) is 1. The second-order valence-electron chi connectivity index (χ2n) is 6.73. The second kappa shape index (κ2) is 8.09. The van der Waals surface area contributed by atoms with Crippen LogP contribution >= 0.6 is 35.7 Å². The average Bonchev–Trinajstić information content (AvgIpc) is 2.89. The highest BCUT2D eigenvalue weighted by molar-refractivity contribution is 14.0. The van der Waals surface area contributed by atoms with E-state index in [4.69, 9.17) is 4.98 Å². The van der Waals surface area contributed by atoms with E-state index in [9.17, 15) is 0 Å². The Hall–Kier alpha value is -0.440. The van der Waals surface area contributed by atoms with Crippen LogP contribution in [0.1, 0.15) is 38.2 Å². The molecule has 1 aromatic rings. The number of aliphatic imine (C=N–C) groups is 1. The van der Waals surface area contributed by atoms with Gasteiger partial charge in [0, 0.05) is 49.8 Å². The van der Waals surface area contributed by atoms with Crippen LogP contribution in [0.15, 0.2) is 11.2 Å². The minimum Gasteiger partial charge on any atom is -0.351 e. The van der Waals surface area contributed by atoms with Crippen LogP contribution in [0.4, 0.5) is 0 Å². The van der Waals surface area contributed by atoms with Crippen molar-refractivity contribution in [2.24, 2.45) is 4.99 Å². The molecule has 0 bridgehead atoms. The molecular formula is C16H28IN5S. The third-order valence-electron chi connectivity index (χ3n) is 4.32. The van der Waals surface area contributed by atoms with Crippen LogP contribution in [0.3, 0.4) is 0 Å². The van der Waals surface area contributed by atoms with Crippen molar-refractivity contribution >= 4 is 41.7 Å². The molecule has 7 heteroatoms. The normalized spacial score (nSPS) is 20.7. The molecule has 1 fully saturated rings. The Kier molecular flexibility index (Phi) is 6.65. The summed E-state index contributed by atoms with van der Waals surface area (Å²) in [6.07, 6.45) is 5.86. The molecule has 0 aromatic carbocycles. The Bertz CT molecular complexity index is 531. The predicted octanol–water partition coefficient (Wildman–Crippen LogP) is 2.74. The smallest absolute Gasteiger partial charge is 0.194 e. The van der Waals surface area contributed by atoms with Gasteiger partial charge in [0.05, 0.1) is 12.2 Å². The van der Waals surface area contributed by atoms with E-state index < -0.39 is 0 Å². The second-order valence-corrected chi connectivity index (χ2v) is 8.53. The van der Waals surface area contributed by atoms with Crippen molar-refractivity contribution in [3.05, 3.63) is 17.7 Å². The summed E-state index contributed by atoms with van der Waals surface area (Å²) < 4.78 is 2.60. The molecule has 2 aliphatic heterocycles. The highest BCUT2D eigenvalue weighted by atomic mass is 127. The van der Waals surface area contributed by atoms with Crippen LogP contribution < -0.4 is 5.32 Å². The van der Waals surface area contributed by atoms with E-state index in [1.165, 1.54) is 18.7 Å². The minimum atomic E-state index is 0. The summed E-state index contributed by atoms with van der Waals surface area (Å²) in [5.41, 5.74) is 1.13. The van der Waals surface area contributed by atoms with E-state index in [2.05, 4.69) is 39.8 Å². The first-order chi connectivity index (χ1) is 10.6. The van der Waals surface area contributed by atoms with Crippen molar-refractivity contribution in [2.75, 3.05) is 25.9 Å². The van der Waals surface area contributed by atoms with Crippen LogP contribution in [0.5, 0.6) is 0 Å². The lowest BCUT2D eigenvalue weighted by molar-refractivity contribution is 0.375. The number of imidazole rings is 1. The average molecular weight is 449 g/mol. The molecule has 1 saturated heterocycles. The zero-order chi connectivity index (χ0) is 15.6. The number of halogens is 1. The number of aryl methyl sites for hydroxylation is 2. The van der Waals surface area contributed by atoms with E-state index in [-0.39, 0.29) is 24.0 Å². The summed E-state index contributed by atoms with van der Waals surface area (Å²) in [6, 6.07) is 0. The van der Waals surface area contributed by atoms with Crippen molar-refractivity contribution < 1.29 is 0 Å². The lowest BCUT2D eigenvalue weighted by Gasteiger charge is -2.39. The monoisotopic (exact) mass is 449 g/mol. The number of guanidine groups is 1. The molecule has 3 heterocycles. The molecule has 3 rings (SSSR count). The zero-order valence-electron chi connectivity index (χ0n) is 14.3. The van der Waals surface area contributed by atoms with Crippen molar-refractivity contribution in [1.29, 1.82) is 0 Å². The van der Waals surface area contributed by atoms with Gasteiger partial charge in [-0.3, -0.25) is 4.99 Å². The molecule has 0 spiro atoms. The first kappa shape index (κ1) is 18.9. The van der Waals surface area contributed by atoms with E-state index in [1.807, 2.05) is 18.8 Å². The van der Waals surface area contributed by atoms with Crippen LogP contribution in [-0.2, 0) is 19.5 Å².